The molecule has 1 aromatic carbocycles. The third kappa shape index (κ3) is 3.66. The van der Waals surface area contributed by atoms with Crippen molar-refractivity contribution in [2.45, 2.75) is 13.3 Å². The first kappa shape index (κ1) is 10.9. The zero-order chi connectivity index (χ0) is 10.4. The summed E-state index contributed by atoms with van der Waals surface area (Å²) in [5.74, 6) is 0.426. The van der Waals surface area contributed by atoms with Crippen LogP contribution in [0.25, 0.3) is 0 Å². The second-order valence-corrected chi connectivity index (χ2v) is 3.09. The van der Waals surface area contributed by atoms with Crippen molar-refractivity contribution in [3.05, 3.63) is 29.3 Å². The Morgan fingerprint density at radius 3 is 2.57 bits per heavy atom. The maximum absolute atomic E-state index is 11.0. The zero-order valence-electron chi connectivity index (χ0n) is 7.83. The highest BCUT2D eigenvalue weighted by atomic mass is 35.5. The maximum atomic E-state index is 11.0. The number of carbonyl (C=O) groups is 1. The maximum Gasteiger partial charge on any atom is 0.513 e. The van der Waals surface area contributed by atoms with Gasteiger partial charge in [0, 0.05) is 5.02 Å². The van der Waals surface area contributed by atoms with E-state index >= 15 is 0 Å². The molecule has 1 aromatic rings. The first-order chi connectivity index (χ1) is 6.72. The van der Waals surface area contributed by atoms with Crippen LogP contribution in [0, 0.1) is 0 Å². The Morgan fingerprint density at radius 1 is 1.36 bits per heavy atom. The van der Waals surface area contributed by atoms with E-state index in [9.17, 15) is 4.79 Å². The minimum absolute atomic E-state index is 0.367. The monoisotopic (exact) mass is 214 g/mol. The number of rotatable bonds is 3. The average Bonchev–Trinajstić information content (AvgIpc) is 2.18. The van der Waals surface area contributed by atoms with Gasteiger partial charge in [-0.05, 0) is 30.7 Å². The van der Waals surface area contributed by atoms with Crippen LogP contribution in [0.4, 0.5) is 4.79 Å². The van der Waals surface area contributed by atoms with Gasteiger partial charge in [0.2, 0.25) is 0 Å². The Bertz CT molecular complexity index is 295. The fourth-order valence-corrected chi connectivity index (χ4v) is 0.940. The van der Waals surface area contributed by atoms with E-state index in [1.54, 1.807) is 24.3 Å². The van der Waals surface area contributed by atoms with Gasteiger partial charge >= 0.3 is 6.16 Å². The van der Waals surface area contributed by atoms with Crippen molar-refractivity contribution in [3.8, 4) is 5.75 Å². The van der Waals surface area contributed by atoms with Crippen molar-refractivity contribution >= 4 is 17.8 Å². The quantitative estimate of drug-likeness (QED) is 0.572. The Labute approximate surface area is 87.6 Å². The first-order valence-electron chi connectivity index (χ1n) is 4.32. The number of hydrogen-bond donors (Lipinski definition) is 0. The second kappa shape index (κ2) is 5.50. The van der Waals surface area contributed by atoms with Crippen LogP contribution in [0.3, 0.4) is 0 Å². The van der Waals surface area contributed by atoms with E-state index < -0.39 is 6.16 Å². The highest BCUT2D eigenvalue weighted by molar-refractivity contribution is 6.30. The normalized spacial score (nSPS) is 9.57. The molecule has 0 fully saturated rings. The van der Waals surface area contributed by atoms with Crippen LogP contribution in [0.1, 0.15) is 13.3 Å². The molecule has 0 aliphatic carbocycles. The Hall–Kier alpha value is -1.22. The van der Waals surface area contributed by atoms with E-state index in [1.807, 2.05) is 6.92 Å². The molecule has 0 unspecified atom stereocenters. The molecule has 0 spiro atoms. The molecule has 14 heavy (non-hydrogen) atoms. The van der Waals surface area contributed by atoms with Crippen LogP contribution in [0.15, 0.2) is 24.3 Å². The van der Waals surface area contributed by atoms with Crippen LogP contribution in [-0.4, -0.2) is 12.8 Å². The molecule has 0 bridgehead atoms. The van der Waals surface area contributed by atoms with E-state index in [4.69, 9.17) is 21.1 Å². The third-order valence-electron chi connectivity index (χ3n) is 1.44. The number of benzene rings is 1. The van der Waals surface area contributed by atoms with Gasteiger partial charge in [-0.3, -0.25) is 0 Å². The Morgan fingerprint density at radius 2 is 2.00 bits per heavy atom. The minimum atomic E-state index is -0.686. The molecular formula is C10H11ClO3. The Balaban J connectivity index is 2.44. The van der Waals surface area contributed by atoms with Crippen LogP contribution in [0.5, 0.6) is 5.75 Å². The lowest BCUT2D eigenvalue weighted by atomic mass is 10.3. The lowest BCUT2D eigenvalue weighted by Crippen LogP contribution is -2.10. The van der Waals surface area contributed by atoms with Gasteiger partial charge in [-0.1, -0.05) is 18.5 Å². The van der Waals surface area contributed by atoms with Gasteiger partial charge in [0.15, 0.2) is 0 Å². The van der Waals surface area contributed by atoms with Gasteiger partial charge in [0.05, 0.1) is 6.61 Å². The molecule has 0 atom stereocenters. The van der Waals surface area contributed by atoms with Gasteiger partial charge in [-0.2, -0.15) is 0 Å². The number of ether oxygens (including phenoxy) is 2. The number of hydrogen-bond acceptors (Lipinski definition) is 3. The summed E-state index contributed by atoms with van der Waals surface area (Å²) in [7, 11) is 0. The molecule has 0 heterocycles. The largest absolute Gasteiger partial charge is 0.513 e. The van der Waals surface area contributed by atoms with Crippen molar-refractivity contribution < 1.29 is 14.3 Å². The first-order valence-corrected chi connectivity index (χ1v) is 4.70. The molecule has 0 N–H and O–H groups in total. The summed E-state index contributed by atoms with van der Waals surface area (Å²) < 4.78 is 9.58. The molecule has 4 heteroatoms. The molecular weight excluding hydrogens is 204 g/mol. The van der Waals surface area contributed by atoms with E-state index in [1.165, 1.54) is 0 Å². The third-order valence-corrected chi connectivity index (χ3v) is 1.69. The van der Waals surface area contributed by atoms with Crippen molar-refractivity contribution in [2.24, 2.45) is 0 Å². The summed E-state index contributed by atoms with van der Waals surface area (Å²) in [6.07, 6.45) is 0.0876. The van der Waals surface area contributed by atoms with Gasteiger partial charge in [-0.25, -0.2) is 4.79 Å². The van der Waals surface area contributed by atoms with Crippen LogP contribution in [-0.2, 0) is 4.74 Å². The molecule has 3 nitrogen and oxygen atoms in total. The molecule has 0 saturated carbocycles. The average molecular weight is 215 g/mol. The second-order valence-electron chi connectivity index (χ2n) is 2.65. The summed E-state index contributed by atoms with van der Waals surface area (Å²) >= 11 is 5.66. The van der Waals surface area contributed by atoms with E-state index in [0.29, 0.717) is 17.4 Å². The minimum Gasteiger partial charge on any atom is -0.434 e. The summed E-state index contributed by atoms with van der Waals surface area (Å²) in [5.41, 5.74) is 0. The number of halogens is 1. The molecule has 0 aliphatic rings. The smallest absolute Gasteiger partial charge is 0.434 e. The predicted octanol–water partition coefficient (Wildman–Crippen LogP) is 3.27. The van der Waals surface area contributed by atoms with E-state index in [-0.39, 0.29) is 0 Å². The fraction of sp³-hybridized carbons (Fsp3) is 0.300. The molecule has 76 valence electrons. The molecule has 1 rings (SSSR count). The van der Waals surface area contributed by atoms with Gasteiger partial charge in [0.1, 0.15) is 5.75 Å². The topological polar surface area (TPSA) is 35.5 Å². The summed E-state index contributed by atoms with van der Waals surface area (Å²) in [6.45, 7) is 2.28. The molecule has 0 amide bonds. The van der Waals surface area contributed by atoms with E-state index in [0.717, 1.165) is 6.42 Å². The van der Waals surface area contributed by atoms with Crippen molar-refractivity contribution in [3.63, 3.8) is 0 Å². The van der Waals surface area contributed by atoms with Crippen LogP contribution >= 0.6 is 11.6 Å². The highest BCUT2D eigenvalue weighted by Crippen LogP contribution is 2.15. The van der Waals surface area contributed by atoms with E-state index in [2.05, 4.69) is 0 Å². The SMILES string of the molecule is CCCOC(=O)Oc1ccc(Cl)cc1. The van der Waals surface area contributed by atoms with Crippen molar-refractivity contribution in [1.29, 1.82) is 0 Å². The van der Waals surface area contributed by atoms with Gasteiger partial charge < -0.3 is 9.47 Å². The van der Waals surface area contributed by atoms with Crippen molar-refractivity contribution in [2.75, 3.05) is 6.61 Å². The summed E-state index contributed by atoms with van der Waals surface area (Å²) in [4.78, 5) is 11.0. The Kier molecular flexibility index (Phi) is 4.26. The lowest BCUT2D eigenvalue weighted by molar-refractivity contribution is 0.0992. The number of carbonyl (C=O) groups excluding carboxylic acids is 1. The standard InChI is InChI=1S/C10H11ClO3/c1-2-7-13-10(12)14-9-5-3-8(11)4-6-9/h3-6H,2,7H2,1H3. The van der Waals surface area contributed by atoms with Crippen LogP contribution < -0.4 is 4.74 Å². The van der Waals surface area contributed by atoms with Gasteiger partial charge in [-0.15, -0.1) is 0 Å². The molecule has 0 aromatic heterocycles. The van der Waals surface area contributed by atoms with Crippen LogP contribution in [0.2, 0.25) is 5.02 Å². The highest BCUT2D eigenvalue weighted by Gasteiger charge is 2.04. The zero-order valence-corrected chi connectivity index (χ0v) is 8.58. The van der Waals surface area contributed by atoms with Crippen molar-refractivity contribution in [1.82, 2.24) is 0 Å². The predicted molar refractivity (Wildman–Crippen MR) is 53.7 cm³/mol. The van der Waals surface area contributed by atoms with Gasteiger partial charge in [0.25, 0.3) is 0 Å². The molecule has 0 saturated heterocycles. The molecule has 0 aliphatic heterocycles. The summed E-state index contributed by atoms with van der Waals surface area (Å²) in [6, 6.07) is 6.50. The fourth-order valence-electron chi connectivity index (χ4n) is 0.814. The lowest BCUT2D eigenvalue weighted by Gasteiger charge is -2.04. The summed E-state index contributed by atoms with van der Waals surface area (Å²) in [5, 5.41) is 0.597. The molecule has 0 radical (unpaired) electrons.